The molecule has 0 radical (unpaired) electrons. The standard InChI is InChI=1S/C7H4BrF3O2/c8-5-2-1-4(12)3-6(5)13-7(9,10)11/h1-3,12H. The lowest BCUT2D eigenvalue weighted by atomic mass is 10.3. The van der Waals surface area contributed by atoms with Gasteiger partial charge in [-0.05, 0) is 28.1 Å². The fraction of sp³-hybridized carbons (Fsp3) is 0.143. The molecule has 0 amide bonds. The number of ether oxygens (including phenoxy) is 1. The molecule has 0 unspecified atom stereocenters. The van der Waals surface area contributed by atoms with Crippen molar-refractivity contribution in [3.8, 4) is 11.5 Å². The van der Waals surface area contributed by atoms with Gasteiger partial charge in [-0.2, -0.15) is 0 Å². The average Bonchev–Trinajstić information content (AvgIpc) is 1.94. The monoisotopic (exact) mass is 256 g/mol. The molecule has 0 aliphatic heterocycles. The first-order valence-corrected chi connectivity index (χ1v) is 3.92. The molecule has 0 spiro atoms. The van der Waals surface area contributed by atoms with Crippen molar-refractivity contribution in [3.63, 3.8) is 0 Å². The summed E-state index contributed by atoms with van der Waals surface area (Å²) in [6, 6.07) is 3.38. The summed E-state index contributed by atoms with van der Waals surface area (Å²) in [4.78, 5) is 0. The smallest absolute Gasteiger partial charge is 0.508 e. The number of hydrogen-bond acceptors (Lipinski definition) is 2. The van der Waals surface area contributed by atoms with E-state index in [4.69, 9.17) is 5.11 Å². The van der Waals surface area contributed by atoms with Crippen molar-refractivity contribution in [2.24, 2.45) is 0 Å². The first-order valence-electron chi connectivity index (χ1n) is 3.13. The van der Waals surface area contributed by atoms with Gasteiger partial charge in [-0.1, -0.05) is 0 Å². The lowest BCUT2D eigenvalue weighted by Gasteiger charge is -2.10. The molecule has 1 aromatic carbocycles. The van der Waals surface area contributed by atoms with E-state index in [9.17, 15) is 13.2 Å². The van der Waals surface area contributed by atoms with Crippen LogP contribution in [0, 0.1) is 0 Å². The van der Waals surface area contributed by atoms with E-state index in [0.717, 1.165) is 6.07 Å². The van der Waals surface area contributed by atoms with E-state index in [0.29, 0.717) is 0 Å². The van der Waals surface area contributed by atoms with Gasteiger partial charge in [0.2, 0.25) is 0 Å². The van der Waals surface area contributed by atoms with Gasteiger partial charge in [0.1, 0.15) is 11.5 Å². The second-order valence-electron chi connectivity index (χ2n) is 2.16. The Labute approximate surface area is 80.1 Å². The molecule has 0 heterocycles. The quantitative estimate of drug-likeness (QED) is 0.837. The summed E-state index contributed by atoms with van der Waals surface area (Å²) in [5.41, 5.74) is 0. The van der Waals surface area contributed by atoms with Gasteiger partial charge in [-0.25, -0.2) is 0 Å². The summed E-state index contributed by atoms with van der Waals surface area (Å²) in [5, 5.41) is 8.87. The molecule has 1 N–H and O–H groups in total. The Morgan fingerprint density at radius 3 is 2.46 bits per heavy atom. The Balaban J connectivity index is 2.94. The van der Waals surface area contributed by atoms with Crippen LogP contribution in [0.25, 0.3) is 0 Å². The summed E-state index contributed by atoms with van der Waals surface area (Å²) in [7, 11) is 0. The van der Waals surface area contributed by atoms with Gasteiger partial charge in [0.25, 0.3) is 0 Å². The highest BCUT2D eigenvalue weighted by Gasteiger charge is 2.32. The average molecular weight is 257 g/mol. The fourth-order valence-corrected chi connectivity index (χ4v) is 1.02. The minimum Gasteiger partial charge on any atom is -0.508 e. The molecule has 0 aliphatic rings. The third-order valence-electron chi connectivity index (χ3n) is 1.14. The van der Waals surface area contributed by atoms with Gasteiger partial charge in [0.15, 0.2) is 0 Å². The molecule has 1 aromatic rings. The maximum atomic E-state index is 11.7. The maximum absolute atomic E-state index is 11.7. The molecule has 1 rings (SSSR count). The number of benzene rings is 1. The first-order chi connectivity index (χ1) is 5.88. The summed E-state index contributed by atoms with van der Waals surface area (Å²) >= 11 is 2.85. The molecule has 0 atom stereocenters. The second kappa shape index (κ2) is 3.45. The molecule has 2 nitrogen and oxygen atoms in total. The highest BCUT2D eigenvalue weighted by molar-refractivity contribution is 9.10. The topological polar surface area (TPSA) is 29.5 Å². The van der Waals surface area contributed by atoms with E-state index < -0.39 is 12.1 Å². The van der Waals surface area contributed by atoms with Crippen LogP contribution in [0.1, 0.15) is 0 Å². The Morgan fingerprint density at radius 1 is 1.31 bits per heavy atom. The van der Waals surface area contributed by atoms with Crippen LogP contribution in [-0.4, -0.2) is 11.5 Å². The molecule has 72 valence electrons. The number of aromatic hydroxyl groups is 1. The highest BCUT2D eigenvalue weighted by Crippen LogP contribution is 2.32. The number of phenols is 1. The number of rotatable bonds is 1. The molecule has 0 aromatic heterocycles. The Morgan fingerprint density at radius 2 is 1.92 bits per heavy atom. The molecule has 0 aliphatic carbocycles. The zero-order chi connectivity index (χ0) is 10.1. The third kappa shape index (κ3) is 3.14. The first kappa shape index (κ1) is 10.2. The maximum Gasteiger partial charge on any atom is 0.573 e. The van der Waals surface area contributed by atoms with Crippen LogP contribution in [0.5, 0.6) is 11.5 Å². The van der Waals surface area contributed by atoms with E-state index in [1.807, 2.05) is 0 Å². The summed E-state index contributed by atoms with van der Waals surface area (Å²) in [6.07, 6.45) is -4.75. The molecule has 6 heteroatoms. The van der Waals surface area contributed by atoms with E-state index in [2.05, 4.69) is 20.7 Å². The molecule has 0 saturated heterocycles. The van der Waals surface area contributed by atoms with Crippen LogP contribution in [-0.2, 0) is 0 Å². The van der Waals surface area contributed by atoms with Crippen molar-refractivity contribution in [2.75, 3.05) is 0 Å². The van der Waals surface area contributed by atoms with Crippen LogP contribution < -0.4 is 4.74 Å². The lowest BCUT2D eigenvalue weighted by molar-refractivity contribution is -0.274. The Hall–Kier alpha value is -0.910. The molecule has 0 fully saturated rings. The zero-order valence-corrected chi connectivity index (χ0v) is 7.69. The van der Waals surface area contributed by atoms with Crippen molar-refractivity contribution in [1.29, 1.82) is 0 Å². The SMILES string of the molecule is Oc1ccc(Br)c(OC(F)(F)F)c1. The van der Waals surface area contributed by atoms with Gasteiger partial charge in [0, 0.05) is 6.07 Å². The van der Waals surface area contributed by atoms with Crippen LogP contribution in [0.3, 0.4) is 0 Å². The van der Waals surface area contributed by atoms with E-state index in [1.54, 1.807) is 0 Å². The largest absolute Gasteiger partial charge is 0.573 e. The van der Waals surface area contributed by atoms with Crippen LogP contribution >= 0.6 is 15.9 Å². The number of hydrogen-bond donors (Lipinski definition) is 1. The van der Waals surface area contributed by atoms with Gasteiger partial charge >= 0.3 is 6.36 Å². The number of alkyl halides is 3. The zero-order valence-electron chi connectivity index (χ0n) is 6.10. The van der Waals surface area contributed by atoms with Gasteiger partial charge in [-0.3, -0.25) is 0 Å². The van der Waals surface area contributed by atoms with Crippen molar-refractivity contribution in [1.82, 2.24) is 0 Å². The highest BCUT2D eigenvalue weighted by atomic mass is 79.9. The molecular formula is C7H4BrF3O2. The molecular weight excluding hydrogens is 253 g/mol. The van der Waals surface area contributed by atoms with E-state index in [-0.39, 0.29) is 10.2 Å². The number of phenolic OH excluding ortho intramolecular Hbond substituents is 1. The second-order valence-corrected chi connectivity index (χ2v) is 3.02. The molecule has 13 heavy (non-hydrogen) atoms. The van der Waals surface area contributed by atoms with Crippen molar-refractivity contribution in [2.45, 2.75) is 6.36 Å². The summed E-state index contributed by atoms with van der Waals surface area (Å²) < 4.78 is 38.9. The molecule has 0 saturated carbocycles. The van der Waals surface area contributed by atoms with Crippen molar-refractivity contribution in [3.05, 3.63) is 22.7 Å². The molecule has 0 bridgehead atoms. The minimum atomic E-state index is -4.75. The van der Waals surface area contributed by atoms with Gasteiger partial charge < -0.3 is 9.84 Å². The lowest BCUT2D eigenvalue weighted by Crippen LogP contribution is -2.17. The predicted molar refractivity (Wildman–Crippen MR) is 42.5 cm³/mol. The normalized spacial score (nSPS) is 11.4. The third-order valence-corrected chi connectivity index (χ3v) is 1.80. The summed E-state index contributed by atoms with van der Waals surface area (Å²) in [6.45, 7) is 0. The van der Waals surface area contributed by atoms with E-state index >= 15 is 0 Å². The minimum absolute atomic E-state index is 0.127. The van der Waals surface area contributed by atoms with Crippen molar-refractivity contribution < 1.29 is 23.0 Å². The Kier molecular flexibility index (Phi) is 2.70. The number of halogens is 4. The van der Waals surface area contributed by atoms with Gasteiger partial charge in [-0.15, -0.1) is 13.2 Å². The van der Waals surface area contributed by atoms with Crippen molar-refractivity contribution >= 4 is 15.9 Å². The summed E-state index contributed by atoms with van der Waals surface area (Å²) in [5.74, 6) is -0.755. The van der Waals surface area contributed by atoms with E-state index in [1.165, 1.54) is 12.1 Å². The fourth-order valence-electron chi connectivity index (χ4n) is 0.695. The predicted octanol–water partition coefficient (Wildman–Crippen LogP) is 3.05. The van der Waals surface area contributed by atoms with Crippen LogP contribution in [0.4, 0.5) is 13.2 Å². The van der Waals surface area contributed by atoms with Crippen LogP contribution in [0.2, 0.25) is 0 Å². The Bertz CT molecular complexity index is 311. The van der Waals surface area contributed by atoms with Gasteiger partial charge in [0.05, 0.1) is 4.47 Å². The van der Waals surface area contributed by atoms with Crippen LogP contribution in [0.15, 0.2) is 22.7 Å².